The van der Waals surface area contributed by atoms with Crippen molar-refractivity contribution in [3.63, 3.8) is 0 Å². The molecule has 0 bridgehead atoms. The van der Waals surface area contributed by atoms with Crippen molar-refractivity contribution in [2.24, 2.45) is 0 Å². The maximum atomic E-state index is 4.39. The van der Waals surface area contributed by atoms with Gasteiger partial charge in [-0.1, -0.05) is 24.6 Å². The van der Waals surface area contributed by atoms with Gasteiger partial charge in [0.1, 0.15) is 5.82 Å². The number of hydrogen-bond acceptors (Lipinski definition) is 3. The molecule has 0 radical (unpaired) electrons. The minimum Gasteiger partial charge on any atom is -0.344 e. The third-order valence-corrected chi connectivity index (χ3v) is 3.62. The van der Waals surface area contributed by atoms with Crippen LogP contribution >= 0.6 is 11.8 Å². The van der Waals surface area contributed by atoms with E-state index < -0.39 is 0 Å². The molecule has 4 heteroatoms. The second kappa shape index (κ2) is 6.61. The van der Waals surface area contributed by atoms with Crippen LogP contribution in [-0.2, 0) is 12.3 Å². The van der Waals surface area contributed by atoms with Gasteiger partial charge in [0.2, 0.25) is 0 Å². The molecule has 3 nitrogen and oxygen atoms in total. The Morgan fingerprint density at radius 2 is 2.28 bits per heavy atom. The molecule has 1 heterocycles. The van der Waals surface area contributed by atoms with E-state index in [9.17, 15) is 0 Å². The smallest absolute Gasteiger partial charge is 0.116 e. The van der Waals surface area contributed by atoms with Crippen molar-refractivity contribution in [3.8, 4) is 0 Å². The summed E-state index contributed by atoms with van der Waals surface area (Å²) in [7, 11) is 0. The molecule has 0 unspecified atom stereocenters. The van der Waals surface area contributed by atoms with Gasteiger partial charge in [0, 0.05) is 23.3 Å². The summed E-state index contributed by atoms with van der Waals surface area (Å²) in [5.74, 6) is 1.92. The number of benzene rings is 1. The quantitative estimate of drug-likeness (QED) is 0.785. The van der Waals surface area contributed by atoms with Crippen molar-refractivity contribution in [2.45, 2.75) is 31.0 Å². The van der Waals surface area contributed by atoms with Crippen LogP contribution in [0.15, 0.2) is 35.4 Å². The standard InChI is InChI=1S/C14H19N3S/c1-3-15-8-12-9-16-14(17-12)10-18-13-6-4-5-11(2)7-13/h4-7,9,15H,3,8,10H2,1-2H3,(H,16,17). The van der Waals surface area contributed by atoms with Gasteiger partial charge in [-0.3, -0.25) is 0 Å². The summed E-state index contributed by atoms with van der Waals surface area (Å²) >= 11 is 1.81. The summed E-state index contributed by atoms with van der Waals surface area (Å²) in [4.78, 5) is 9.02. The van der Waals surface area contributed by atoms with Gasteiger partial charge in [0.15, 0.2) is 0 Å². The fourth-order valence-corrected chi connectivity index (χ4v) is 2.58. The second-order valence-electron chi connectivity index (χ2n) is 4.24. The maximum absolute atomic E-state index is 4.39. The van der Waals surface area contributed by atoms with E-state index in [1.165, 1.54) is 10.5 Å². The van der Waals surface area contributed by atoms with Crippen molar-refractivity contribution < 1.29 is 0 Å². The Hall–Kier alpha value is -1.26. The summed E-state index contributed by atoms with van der Waals surface area (Å²) in [6, 6.07) is 8.55. The molecule has 2 aromatic rings. The number of nitrogens with zero attached hydrogens (tertiary/aromatic N) is 1. The van der Waals surface area contributed by atoms with Crippen molar-refractivity contribution >= 4 is 11.8 Å². The lowest BCUT2D eigenvalue weighted by Crippen LogP contribution is -2.11. The van der Waals surface area contributed by atoms with Crippen LogP contribution in [0.2, 0.25) is 0 Å². The molecule has 96 valence electrons. The first-order valence-corrected chi connectivity index (χ1v) is 7.19. The highest BCUT2D eigenvalue weighted by atomic mass is 32.2. The lowest BCUT2D eigenvalue weighted by Gasteiger charge is -2.01. The van der Waals surface area contributed by atoms with Crippen molar-refractivity contribution in [1.82, 2.24) is 15.3 Å². The molecule has 1 aromatic carbocycles. The predicted molar refractivity (Wildman–Crippen MR) is 76.7 cm³/mol. The molecule has 2 rings (SSSR count). The SMILES string of the molecule is CCNCc1cnc(CSc2cccc(C)c2)[nH]1. The third kappa shape index (κ3) is 3.89. The minimum atomic E-state index is 0.860. The molecule has 1 aromatic heterocycles. The van der Waals surface area contributed by atoms with Crippen molar-refractivity contribution in [3.05, 3.63) is 47.5 Å². The molecule has 0 amide bonds. The van der Waals surface area contributed by atoms with Gasteiger partial charge in [0.05, 0.1) is 5.75 Å². The zero-order valence-corrected chi connectivity index (χ0v) is 11.7. The summed E-state index contributed by atoms with van der Waals surface area (Å²) < 4.78 is 0. The van der Waals surface area contributed by atoms with Crippen LogP contribution in [0.3, 0.4) is 0 Å². The van der Waals surface area contributed by atoms with Crippen molar-refractivity contribution in [1.29, 1.82) is 0 Å². The summed E-state index contributed by atoms with van der Waals surface area (Å²) in [5.41, 5.74) is 2.45. The number of rotatable bonds is 6. The topological polar surface area (TPSA) is 40.7 Å². The number of H-pyrrole nitrogens is 1. The van der Waals surface area contributed by atoms with Gasteiger partial charge < -0.3 is 10.3 Å². The Kier molecular flexibility index (Phi) is 4.84. The van der Waals surface area contributed by atoms with E-state index in [-0.39, 0.29) is 0 Å². The third-order valence-electron chi connectivity index (χ3n) is 2.61. The second-order valence-corrected chi connectivity index (χ2v) is 5.29. The van der Waals surface area contributed by atoms with Gasteiger partial charge >= 0.3 is 0 Å². The molecule has 0 saturated heterocycles. The van der Waals surface area contributed by atoms with Gasteiger partial charge in [-0.15, -0.1) is 11.8 Å². The molecule has 18 heavy (non-hydrogen) atoms. The zero-order chi connectivity index (χ0) is 12.8. The van der Waals surface area contributed by atoms with Crippen molar-refractivity contribution in [2.75, 3.05) is 6.54 Å². The van der Waals surface area contributed by atoms with Crippen LogP contribution in [0, 0.1) is 6.92 Å². The monoisotopic (exact) mass is 261 g/mol. The van der Waals surface area contributed by atoms with E-state index in [1.54, 1.807) is 0 Å². The number of imidazole rings is 1. The Labute approximate surface area is 112 Å². The van der Waals surface area contributed by atoms with Crippen LogP contribution in [0.1, 0.15) is 24.0 Å². The molecular formula is C14H19N3S. The number of thioether (sulfide) groups is 1. The highest BCUT2D eigenvalue weighted by Gasteiger charge is 2.01. The van der Waals surface area contributed by atoms with Crippen LogP contribution in [-0.4, -0.2) is 16.5 Å². The summed E-state index contributed by atoms with van der Waals surface area (Å²) in [6.45, 7) is 6.06. The molecule has 0 fully saturated rings. The molecule has 0 aliphatic carbocycles. The number of aromatic amines is 1. The van der Waals surface area contributed by atoms with Gasteiger partial charge in [-0.05, 0) is 25.6 Å². The van der Waals surface area contributed by atoms with E-state index in [4.69, 9.17) is 0 Å². The molecule has 0 spiro atoms. The maximum Gasteiger partial charge on any atom is 0.116 e. The normalized spacial score (nSPS) is 10.8. The highest BCUT2D eigenvalue weighted by Crippen LogP contribution is 2.22. The Morgan fingerprint density at radius 1 is 1.39 bits per heavy atom. The Morgan fingerprint density at radius 3 is 3.06 bits per heavy atom. The summed E-state index contributed by atoms with van der Waals surface area (Å²) in [5, 5.41) is 3.28. The highest BCUT2D eigenvalue weighted by molar-refractivity contribution is 7.98. The molecule has 0 atom stereocenters. The predicted octanol–water partition coefficient (Wildman–Crippen LogP) is 3.12. The lowest BCUT2D eigenvalue weighted by molar-refractivity contribution is 0.713. The van der Waals surface area contributed by atoms with E-state index >= 15 is 0 Å². The van der Waals surface area contributed by atoms with E-state index in [2.05, 4.69) is 53.4 Å². The fourth-order valence-electron chi connectivity index (χ4n) is 1.69. The largest absolute Gasteiger partial charge is 0.344 e. The van der Waals surface area contributed by atoms with Gasteiger partial charge in [0.25, 0.3) is 0 Å². The van der Waals surface area contributed by atoms with Crippen LogP contribution < -0.4 is 5.32 Å². The molecule has 0 aliphatic rings. The lowest BCUT2D eigenvalue weighted by atomic mass is 10.2. The van der Waals surface area contributed by atoms with Gasteiger partial charge in [-0.2, -0.15) is 0 Å². The van der Waals surface area contributed by atoms with Crippen LogP contribution in [0.4, 0.5) is 0 Å². The first-order chi connectivity index (χ1) is 8.78. The number of nitrogens with one attached hydrogen (secondary N) is 2. The molecule has 0 saturated carbocycles. The van der Waals surface area contributed by atoms with Gasteiger partial charge in [-0.25, -0.2) is 4.98 Å². The Bertz CT molecular complexity index is 493. The van der Waals surface area contributed by atoms with Crippen LogP contribution in [0.25, 0.3) is 0 Å². The first-order valence-electron chi connectivity index (χ1n) is 6.21. The van der Waals surface area contributed by atoms with E-state index in [1.807, 2.05) is 18.0 Å². The van der Waals surface area contributed by atoms with E-state index in [0.717, 1.165) is 30.4 Å². The summed E-state index contributed by atoms with van der Waals surface area (Å²) in [6.07, 6.45) is 1.91. The van der Waals surface area contributed by atoms with Crippen LogP contribution in [0.5, 0.6) is 0 Å². The Balaban J connectivity index is 1.88. The van der Waals surface area contributed by atoms with E-state index in [0.29, 0.717) is 0 Å². The fraction of sp³-hybridized carbons (Fsp3) is 0.357. The molecule has 2 N–H and O–H groups in total. The number of aromatic nitrogens is 2. The first kappa shape index (κ1) is 13.2. The number of aryl methyl sites for hydroxylation is 1. The zero-order valence-electron chi connectivity index (χ0n) is 10.9. The molecule has 0 aliphatic heterocycles. The minimum absolute atomic E-state index is 0.860. The average Bonchev–Trinajstić information content (AvgIpc) is 2.82. The molecular weight excluding hydrogens is 242 g/mol. The number of hydrogen-bond donors (Lipinski definition) is 2. The average molecular weight is 261 g/mol.